The molecule has 0 atom stereocenters. The van der Waals surface area contributed by atoms with E-state index in [1.165, 1.54) is 11.1 Å². The third-order valence-electron chi connectivity index (χ3n) is 1.63. The molecule has 0 heterocycles. The molecule has 0 spiro atoms. The lowest BCUT2D eigenvalue weighted by molar-refractivity contribution is 1.13. The van der Waals surface area contributed by atoms with E-state index >= 15 is 0 Å². The molecular weight excluding hydrogens is 270 g/mol. The minimum Gasteiger partial charge on any atom is -0.122 e. The van der Waals surface area contributed by atoms with Gasteiger partial charge in [-0.15, -0.1) is 11.6 Å². The Balaban J connectivity index is 2.83. The molecule has 1 aromatic carbocycles. The molecule has 0 saturated carbocycles. The van der Waals surface area contributed by atoms with Crippen molar-refractivity contribution in [1.29, 1.82) is 0 Å². The van der Waals surface area contributed by atoms with Crippen LogP contribution in [-0.4, -0.2) is 4.43 Å². The maximum atomic E-state index is 5.77. The van der Waals surface area contributed by atoms with Gasteiger partial charge in [0.15, 0.2) is 0 Å². The van der Waals surface area contributed by atoms with E-state index in [-0.39, 0.29) is 0 Å². The highest BCUT2D eigenvalue weighted by Gasteiger charge is 1.97. The maximum Gasteiger partial charge on any atom is 0.0476 e. The summed E-state index contributed by atoms with van der Waals surface area (Å²) in [5.41, 5.74) is 2.66. The Morgan fingerprint density at radius 1 is 1.18 bits per heavy atom. The van der Waals surface area contributed by atoms with Gasteiger partial charge >= 0.3 is 0 Å². The third kappa shape index (κ3) is 2.64. The second-order valence-corrected chi connectivity index (χ2v) is 3.69. The molecule has 0 aliphatic heterocycles. The Morgan fingerprint density at radius 3 is 2.36 bits per heavy atom. The van der Waals surface area contributed by atoms with Gasteiger partial charge in [0.25, 0.3) is 0 Å². The Hall–Kier alpha value is 0.240. The second-order valence-electron chi connectivity index (χ2n) is 2.34. The molecule has 0 aromatic heterocycles. The summed E-state index contributed by atoms with van der Waals surface area (Å²) in [4.78, 5) is 0. The van der Waals surface area contributed by atoms with Gasteiger partial charge in [-0.25, -0.2) is 0 Å². The van der Waals surface area contributed by atoms with E-state index in [0.29, 0.717) is 5.88 Å². The largest absolute Gasteiger partial charge is 0.122 e. The van der Waals surface area contributed by atoms with E-state index in [0.717, 1.165) is 10.8 Å². The van der Waals surface area contributed by atoms with Crippen LogP contribution in [0.3, 0.4) is 0 Å². The number of hydrogen-bond acceptors (Lipinski definition) is 0. The molecule has 1 rings (SSSR count). The van der Waals surface area contributed by atoms with E-state index < -0.39 is 0 Å². The van der Waals surface area contributed by atoms with Crippen LogP contribution >= 0.6 is 34.2 Å². The Kier molecular flexibility index (Phi) is 4.23. The monoisotopic (exact) mass is 280 g/mol. The fourth-order valence-corrected chi connectivity index (χ4v) is 1.88. The minimum absolute atomic E-state index is 0.632. The lowest BCUT2D eigenvalue weighted by atomic mass is 10.1. The Bertz CT molecular complexity index is 223. The topological polar surface area (TPSA) is 0 Å². The molecular formula is C9H10ClI. The molecule has 1 aromatic rings. The highest BCUT2D eigenvalue weighted by Crippen LogP contribution is 2.12. The first-order valence-electron chi connectivity index (χ1n) is 3.57. The first-order chi connectivity index (χ1) is 5.38. The lowest BCUT2D eigenvalue weighted by Gasteiger charge is -2.03. The smallest absolute Gasteiger partial charge is 0.0476 e. The summed E-state index contributed by atoms with van der Waals surface area (Å²) in [5.74, 6) is 0.632. The molecule has 0 bridgehead atoms. The van der Waals surface area contributed by atoms with Gasteiger partial charge in [0.2, 0.25) is 0 Å². The zero-order chi connectivity index (χ0) is 8.10. The number of rotatable bonds is 3. The molecule has 0 nitrogen and oxygen atoms in total. The van der Waals surface area contributed by atoms with Crippen LogP contribution in [0, 0.1) is 0 Å². The van der Waals surface area contributed by atoms with Crippen molar-refractivity contribution >= 4 is 34.2 Å². The molecule has 0 amide bonds. The van der Waals surface area contributed by atoms with Crippen molar-refractivity contribution in [2.45, 2.75) is 12.3 Å². The number of hydrogen-bond donors (Lipinski definition) is 0. The average molecular weight is 281 g/mol. The first-order valence-corrected chi connectivity index (χ1v) is 5.63. The van der Waals surface area contributed by atoms with Gasteiger partial charge in [0, 0.05) is 10.3 Å². The van der Waals surface area contributed by atoms with Gasteiger partial charge in [-0.1, -0.05) is 46.9 Å². The summed E-state index contributed by atoms with van der Waals surface area (Å²) in [5, 5.41) is 0. The van der Waals surface area contributed by atoms with Crippen LogP contribution in [0.1, 0.15) is 11.1 Å². The summed E-state index contributed by atoms with van der Waals surface area (Å²) in [6, 6.07) is 8.34. The van der Waals surface area contributed by atoms with E-state index in [1.54, 1.807) is 0 Å². The highest BCUT2D eigenvalue weighted by molar-refractivity contribution is 14.1. The van der Waals surface area contributed by atoms with Crippen molar-refractivity contribution in [3.05, 3.63) is 35.4 Å². The minimum atomic E-state index is 0.632. The first kappa shape index (κ1) is 9.33. The molecule has 11 heavy (non-hydrogen) atoms. The van der Waals surface area contributed by atoms with Gasteiger partial charge in [-0.2, -0.15) is 0 Å². The molecule has 0 fully saturated rings. The standard InChI is InChI=1S/C9H10ClI/c10-7-9-4-2-1-3-8(9)5-6-11/h1-4H,5-7H2. The van der Waals surface area contributed by atoms with E-state index in [2.05, 4.69) is 40.8 Å². The van der Waals surface area contributed by atoms with Crippen molar-refractivity contribution in [3.8, 4) is 0 Å². The van der Waals surface area contributed by atoms with Gasteiger partial charge in [-0.05, 0) is 17.5 Å². The summed E-state index contributed by atoms with van der Waals surface area (Å²) in [6.45, 7) is 0. The number of aryl methyl sites for hydroxylation is 1. The van der Waals surface area contributed by atoms with Crippen LogP contribution < -0.4 is 0 Å². The summed E-state index contributed by atoms with van der Waals surface area (Å²) in [7, 11) is 0. The molecule has 0 radical (unpaired) electrons. The van der Waals surface area contributed by atoms with Crippen LogP contribution in [0.15, 0.2) is 24.3 Å². The van der Waals surface area contributed by atoms with Crippen molar-refractivity contribution in [3.63, 3.8) is 0 Å². The van der Waals surface area contributed by atoms with Crippen LogP contribution in [-0.2, 0) is 12.3 Å². The molecule has 0 aliphatic rings. The quantitative estimate of drug-likeness (QED) is 0.588. The predicted molar refractivity (Wildman–Crippen MR) is 58.6 cm³/mol. The zero-order valence-electron chi connectivity index (χ0n) is 6.19. The summed E-state index contributed by atoms with van der Waals surface area (Å²) >= 11 is 8.15. The van der Waals surface area contributed by atoms with Gasteiger partial charge < -0.3 is 0 Å². The maximum absolute atomic E-state index is 5.77. The molecule has 0 aliphatic carbocycles. The highest BCUT2D eigenvalue weighted by atomic mass is 127. The average Bonchev–Trinajstić information content (AvgIpc) is 2.06. The van der Waals surface area contributed by atoms with Gasteiger partial charge in [-0.3, -0.25) is 0 Å². The van der Waals surface area contributed by atoms with Crippen molar-refractivity contribution < 1.29 is 0 Å². The molecule has 60 valence electrons. The molecule has 2 heteroatoms. The zero-order valence-corrected chi connectivity index (χ0v) is 9.10. The van der Waals surface area contributed by atoms with Crippen LogP contribution in [0.25, 0.3) is 0 Å². The summed E-state index contributed by atoms with van der Waals surface area (Å²) in [6.07, 6.45) is 1.13. The lowest BCUT2D eigenvalue weighted by Crippen LogP contribution is -1.91. The molecule has 0 saturated heterocycles. The normalized spacial score (nSPS) is 10.0. The Labute approximate surface area is 86.1 Å². The van der Waals surface area contributed by atoms with Gasteiger partial charge in [0.05, 0.1) is 0 Å². The number of benzene rings is 1. The number of alkyl halides is 2. The summed E-state index contributed by atoms with van der Waals surface area (Å²) < 4.78 is 1.16. The molecule has 0 N–H and O–H groups in total. The van der Waals surface area contributed by atoms with Crippen LogP contribution in [0.5, 0.6) is 0 Å². The van der Waals surface area contributed by atoms with E-state index in [9.17, 15) is 0 Å². The van der Waals surface area contributed by atoms with Crippen LogP contribution in [0.4, 0.5) is 0 Å². The predicted octanol–water partition coefficient (Wildman–Crippen LogP) is 3.40. The van der Waals surface area contributed by atoms with Gasteiger partial charge in [0.1, 0.15) is 0 Å². The van der Waals surface area contributed by atoms with E-state index in [4.69, 9.17) is 11.6 Å². The SMILES string of the molecule is ClCc1ccccc1CCI. The second kappa shape index (κ2) is 4.99. The van der Waals surface area contributed by atoms with Crippen molar-refractivity contribution in [2.24, 2.45) is 0 Å². The van der Waals surface area contributed by atoms with Crippen molar-refractivity contribution in [1.82, 2.24) is 0 Å². The molecule has 0 unspecified atom stereocenters. The van der Waals surface area contributed by atoms with Crippen LogP contribution in [0.2, 0.25) is 0 Å². The fourth-order valence-electron chi connectivity index (χ4n) is 1.03. The Morgan fingerprint density at radius 2 is 1.82 bits per heavy atom. The van der Waals surface area contributed by atoms with E-state index in [1.807, 2.05) is 6.07 Å². The third-order valence-corrected chi connectivity index (χ3v) is 2.45. The van der Waals surface area contributed by atoms with Crippen molar-refractivity contribution in [2.75, 3.05) is 4.43 Å². The number of halogens is 2. The fraction of sp³-hybridized carbons (Fsp3) is 0.333.